The van der Waals surface area contributed by atoms with Crippen molar-refractivity contribution in [1.29, 1.82) is 0 Å². The van der Waals surface area contributed by atoms with Gasteiger partial charge in [0, 0.05) is 48.4 Å². The second-order valence-corrected chi connectivity index (χ2v) is 9.78. The number of halogens is 4. The highest BCUT2D eigenvalue weighted by Crippen LogP contribution is 2.38. The molecule has 11 heteroatoms. The lowest BCUT2D eigenvalue weighted by Gasteiger charge is -2.11. The fraction of sp³-hybridized carbons (Fsp3) is 0.261. The lowest BCUT2D eigenvalue weighted by Crippen LogP contribution is -2.23. The number of hydrogen-bond donors (Lipinski definition) is 1. The van der Waals surface area contributed by atoms with Gasteiger partial charge in [-0.3, -0.25) is 4.79 Å². The summed E-state index contributed by atoms with van der Waals surface area (Å²) in [7, 11) is -2.43. The van der Waals surface area contributed by atoms with Gasteiger partial charge in [0.2, 0.25) is 0 Å². The summed E-state index contributed by atoms with van der Waals surface area (Å²) >= 11 is 0. The van der Waals surface area contributed by atoms with Gasteiger partial charge in [0.15, 0.2) is 0 Å². The second kappa shape index (κ2) is 9.22. The lowest BCUT2D eigenvalue weighted by molar-refractivity contribution is -0.0436. The van der Waals surface area contributed by atoms with Crippen molar-refractivity contribution < 1.29 is 30.8 Å². The van der Waals surface area contributed by atoms with Crippen LogP contribution in [0.5, 0.6) is 0 Å². The van der Waals surface area contributed by atoms with E-state index in [4.69, 9.17) is 5.73 Å². The summed E-state index contributed by atoms with van der Waals surface area (Å²) < 4.78 is 79.3. The number of nitrogens with zero attached hydrogens (tertiary/aromatic N) is 2. The van der Waals surface area contributed by atoms with Crippen LogP contribution >= 0.6 is 0 Å². The number of carbonyl (C=O) groups is 1. The second-order valence-electron chi connectivity index (χ2n) is 7.84. The number of sulfone groups is 1. The molecule has 6 nitrogen and oxygen atoms in total. The van der Waals surface area contributed by atoms with Gasteiger partial charge in [-0.05, 0) is 48.9 Å². The highest BCUT2D eigenvalue weighted by molar-refractivity contribution is 7.92. The van der Waals surface area contributed by atoms with Crippen LogP contribution in [0.25, 0.3) is 22.0 Å². The minimum Gasteiger partial charge on any atom is -0.345 e. The molecule has 3 aromatic rings. The van der Waals surface area contributed by atoms with Gasteiger partial charge in [-0.15, -0.1) is 0 Å². The average Bonchev–Trinajstić information content (AvgIpc) is 3.03. The third-order valence-corrected chi connectivity index (χ3v) is 6.85. The molecule has 1 amide bonds. The van der Waals surface area contributed by atoms with Gasteiger partial charge in [0.05, 0.1) is 11.4 Å². The first-order valence-corrected chi connectivity index (χ1v) is 11.6. The third-order valence-electron chi connectivity index (χ3n) is 5.36. The number of allylic oxidation sites excluding steroid dienone is 1. The van der Waals surface area contributed by atoms with E-state index in [-0.39, 0.29) is 24.6 Å². The number of nitrogens with two attached hydrogens (primary N) is 1. The SMILES string of the molecule is Cc1c(-c2cccc(S(=O)(=O)C(F)(F)F)c2)c2cc(C(=O)N(C)C)ccc2n1CC(F)=CCN. The number of aromatic nitrogens is 1. The number of amides is 1. The molecule has 0 saturated carbocycles. The van der Waals surface area contributed by atoms with Crippen LogP contribution in [0.3, 0.4) is 0 Å². The smallest absolute Gasteiger partial charge is 0.345 e. The molecule has 3 rings (SSSR count). The minimum atomic E-state index is -5.58. The van der Waals surface area contributed by atoms with E-state index in [1.807, 2.05) is 0 Å². The number of benzene rings is 2. The predicted octanol–water partition coefficient (Wildman–Crippen LogP) is 4.42. The van der Waals surface area contributed by atoms with Crippen molar-refractivity contribution >= 4 is 26.6 Å². The standard InChI is InChI=1S/C23H23F4N3O3S/c1-14-21(15-5-4-6-18(11-15)34(32,33)23(25,26)27)19-12-16(22(31)29(2)3)7-8-20(19)30(14)13-17(24)9-10-28/h4-9,11-12H,10,13,28H2,1-3H3. The van der Waals surface area contributed by atoms with Crippen LogP contribution in [-0.4, -0.2) is 49.9 Å². The Bertz CT molecular complexity index is 1390. The number of carbonyl (C=O) groups excluding carboxylic acids is 1. The summed E-state index contributed by atoms with van der Waals surface area (Å²) in [5.41, 5.74) is 1.81. The fourth-order valence-corrected chi connectivity index (χ4v) is 4.54. The first-order valence-electron chi connectivity index (χ1n) is 10.1. The monoisotopic (exact) mass is 497 g/mol. The Hall–Kier alpha value is -3.18. The van der Waals surface area contributed by atoms with Gasteiger partial charge in [-0.2, -0.15) is 13.2 Å². The van der Waals surface area contributed by atoms with Crippen molar-refractivity contribution in [3.05, 3.63) is 65.6 Å². The molecule has 0 aliphatic carbocycles. The summed E-state index contributed by atoms with van der Waals surface area (Å²) in [4.78, 5) is 13.0. The van der Waals surface area contributed by atoms with Gasteiger partial charge < -0.3 is 15.2 Å². The van der Waals surface area contributed by atoms with Crippen molar-refractivity contribution in [2.75, 3.05) is 20.6 Å². The Morgan fingerprint density at radius 3 is 2.41 bits per heavy atom. The average molecular weight is 498 g/mol. The van der Waals surface area contributed by atoms with E-state index in [0.29, 0.717) is 27.7 Å². The van der Waals surface area contributed by atoms with Crippen LogP contribution in [0.15, 0.2) is 59.3 Å². The van der Waals surface area contributed by atoms with Crippen molar-refractivity contribution in [2.45, 2.75) is 23.9 Å². The topological polar surface area (TPSA) is 85.4 Å². The minimum absolute atomic E-state index is 0.0181. The molecule has 0 radical (unpaired) electrons. The van der Waals surface area contributed by atoms with E-state index in [1.165, 1.54) is 23.1 Å². The number of alkyl halides is 3. The fourth-order valence-electron chi connectivity index (χ4n) is 3.74. The molecule has 2 N–H and O–H groups in total. The molecular weight excluding hydrogens is 474 g/mol. The van der Waals surface area contributed by atoms with Crippen LogP contribution in [0.1, 0.15) is 16.1 Å². The zero-order valence-electron chi connectivity index (χ0n) is 18.6. The third kappa shape index (κ3) is 4.58. The van der Waals surface area contributed by atoms with Crippen molar-refractivity contribution in [3.8, 4) is 11.1 Å². The lowest BCUT2D eigenvalue weighted by atomic mass is 10.0. The van der Waals surface area contributed by atoms with E-state index in [9.17, 15) is 30.8 Å². The predicted molar refractivity (Wildman–Crippen MR) is 122 cm³/mol. The summed E-state index contributed by atoms with van der Waals surface area (Å²) in [5, 5.41) is 0.465. The van der Waals surface area contributed by atoms with Gasteiger partial charge in [-0.1, -0.05) is 12.1 Å². The Kier molecular flexibility index (Phi) is 6.90. The molecule has 0 spiro atoms. The van der Waals surface area contributed by atoms with Crippen molar-refractivity contribution in [3.63, 3.8) is 0 Å². The molecule has 0 aliphatic rings. The highest BCUT2D eigenvalue weighted by atomic mass is 32.2. The molecule has 0 unspecified atom stereocenters. The Labute approximate surface area is 194 Å². The summed E-state index contributed by atoms with van der Waals surface area (Å²) in [6.45, 7) is 1.43. The molecular formula is C23H23F4N3O3S. The Morgan fingerprint density at radius 2 is 1.82 bits per heavy atom. The largest absolute Gasteiger partial charge is 0.501 e. The summed E-state index contributed by atoms with van der Waals surface area (Å²) in [6, 6.07) is 9.22. The molecule has 1 aromatic heterocycles. The van der Waals surface area contributed by atoms with Crippen LogP contribution in [0, 0.1) is 6.92 Å². The summed E-state index contributed by atoms with van der Waals surface area (Å²) in [5.74, 6) is -0.822. The van der Waals surface area contributed by atoms with Crippen LogP contribution in [0.4, 0.5) is 17.6 Å². The molecule has 0 saturated heterocycles. The number of rotatable bonds is 6. The summed E-state index contributed by atoms with van der Waals surface area (Å²) in [6.07, 6.45) is 1.20. The van der Waals surface area contributed by atoms with E-state index < -0.39 is 26.1 Å². The van der Waals surface area contributed by atoms with Crippen molar-refractivity contribution in [1.82, 2.24) is 9.47 Å². The molecule has 182 valence electrons. The first-order chi connectivity index (χ1) is 15.8. The van der Waals surface area contributed by atoms with E-state index in [2.05, 4.69) is 0 Å². The quantitative estimate of drug-likeness (QED) is 0.511. The van der Waals surface area contributed by atoms with E-state index in [1.54, 1.807) is 43.8 Å². The molecule has 0 fully saturated rings. The Balaban J connectivity index is 2.33. The van der Waals surface area contributed by atoms with Crippen LogP contribution in [-0.2, 0) is 16.4 Å². The zero-order chi connectivity index (χ0) is 25.4. The van der Waals surface area contributed by atoms with Gasteiger partial charge in [-0.25, -0.2) is 12.8 Å². The van der Waals surface area contributed by atoms with E-state index in [0.717, 1.165) is 12.1 Å². The molecule has 2 aromatic carbocycles. The maximum absolute atomic E-state index is 14.4. The molecule has 0 atom stereocenters. The van der Waals surface area contributed by atoms with Gasteiger partial charge >= 0.3 is 5.51 Å². The maximum Gasteiger partial charge on any atom is 0.501 e. The first kappa shape index (κ1) is 25.4. The molecule has 0 aliphatic heterocycles. The van der Waals surface area contributed by atoms with Crippen molar-refractivity contribution in [2.24, 2.45) is 5.73 Å². The van der Waals surface area contributed by atoms with Gasteiger partial charge in [0.25, 0.3) is 15.7 Å². The number of hydrogen-bond acceptors (Lipinski definition) is 4. The normalized spacial score (nSPS) is 12.9. The zero-order valence-corrected chi connectivity index (χ0v) is 19.5. The van der Waals surface area contributed by atoms with Crippen LogP contribution < -0.4 is 5.73 Å². The molecule has 1 heterocycles. The number of fused-ring (bicyclic) bond motifs is 1. The van der Waals surface area contributed by atoms with E-state index >= 15 is 0 Å². The molecule has 0 bridgehead atoms. The molecule has 34 heavy (non-hydrogen) atoms. The maximum atomic E-state index is 14.4. The highest BCUT2D eigenvalue weighted by Gasteiger charge is 2.47. The van der Waals surface area contributed by atoms with Gasteiger partial charge in [0.1, 0.15) is 5.83 Å². The Morgan fingerprint density at radius 1 is 1.15 bits per heavy atom. The van der Waals surface area contributed by atoms with Crippen LogP contribution in [0.2, 0.25) is 0 Å².